The van der Waals surface area contributed by atoms with Gasteiger partial charge in [0.2, 0.25) is 0 Å². The van der Waals surface area contributed by atoms with E-state index in [1.165, 1.54) is 12.8 Å². The maximum Gasteiger partial charge on any atom is 0.136 e. The second-order valence-corrected chi connectivity index (χ2v) is 4.42. The molecule has 2 atom stereocenters. The van der Waals surface area contributed by atoms with E-state index in [9.17, 15) is 5.11 Å². The lowest BCUT2D eigenvalue weighted by Gasteiger charge is -2.17. The monoisotopic (exact) mass is 212 g/mol. The van der Waals surface area contributed by atoms with E-state index >= 15 is 0 Å². The van der Waals surface area contributed by atoms with Gasteiger partial charge in [-0.05, 0) is 32.1 Å². The smallest absolute Gasteiger partial charge is 0.136 e. The molecule has 0 aromatic carbocycles. The van der Waals surface area contributed by atoms with Crippen LogP contribution in [0, 0.1) is 17.8 Å². The molecule has 1 N–H and O–H groups in total. The molecule has 1 rings (SSSR count). The average molecular weight is 213 g/mol. The van der Waals surface area contributed by atoms with Crippen LogP contribution in [0.4, 0.5) is 0 Å². The highest BCUT2D eigenvalue weighted by molar-refractivity contribution is 6.18. The normalized spacial score (nSPS) is 25.7. The van der Waals surface area contributed by atoms with Crippen LogP contribution in [0.1, 0.15) is 33.1 Å². The molecule has 0 spiro atoms. The summed E-state index contributed by atoms with van der Waals surface area (Å²) in [6.07, 6.45) is 5.73. The van der Waals surface area contributed by atoms with Gasteiger partial charge in [0, 0.05) is 5.57 Å². The number of aliphatic hydroxyl groups is 1. The molecular weight excluding hydrogens is 196 g/mol. The highest BCUT2D eigenvalue weighted by Crippen LogP contribution is 2.23. The molecule has 0 saturated heterocycles. The fourth-order valence-electron chi connectivity index (χ4n) is 1.45. The fraction of sp³-hybridized carbons (Fsp3) is 0.667. The second kappa shape index (κ2) is 4.87. The van der Waals surface area contributed by atoms with E-state index in [0.29, 0.717) is 5.92 Å². The molecule has 1 aliphatic carbocycles. The molecule has 78 valence electrons. The molecule has 0 aromatic rings. The highest BCUT2D eigenvalue weighted by Gasteiger charge is 2.15. The van der Waals surface area contributed by atoms with Gasteiger partial charge in [-0.2, -0.15) is 0 Å². The van der Waals surface area contributed by atoms with E-state index in [2.05, 4.69) is 24.8 Å². The largest absolute Gasteiger partial charge is 0.377 e. The van der Waals surface area contributed by atoms with Crippen molar-refractivity contribution < 1.29 is 5.11 Å². The zero-order valence-electron chi connectivity index (χ0n) is 8.81. The fourth-order valence-corrected chi connectivity index (χ4v) is 1.52. The van der Waals surface area contributed by atoms with E-state index in [1.54, 1.807) is 6.92 Å². The zero-order valence-corrected chi connectivity index (χ0v) is 9.56. The van der Waals surface area contributed by atoms with Crippen molar-refractivity contribution >= 4 is 11.6 Å². The lowest BCUT2D eigenvalue weighted by atomic mass is 9.89. The lowest BCUT2D eigenvalue weighted by molar-refractivity contribution is 0.147. The first-order valence-electron chi connectivity index (χ1n) is 5.07. The van der Waals surface area contributed by atoms with Crippen molar-refractivity contribution in [3.8, 4) is 11.8 Å². The predicted octanol–water partition coefficient (Wildman–Crippen LogP) is 2.73. The van der Waals surface area contributed by atoms with Crippen molar-refractivity contribution in [3.05, 3.63) is 11.6 Å². The van der Waals surface area contributed by atoms with Crippen LogP contribution in [0.15, 0.2) is 11.6 Å². The van der Waals surface area contributed by atoms with Gasteiger partial charge in [0.1, 0.15) is 5.60 Å². The first kappa shape index (κ1) is 11.6. The third kappa shape index (κ3) is 3.36. The molecule has 0 aromatic heterocycles. The quantitative estimate of drug-likeness (QED) is 0.524. The molecule has 0 radical (unpaired) electrons. The molecule has 0 heterocycles. The Labute approximate surface area is 91.2 Å². The average Bonchev–Trinajstić information content (AvgIpc) is 2.17. The van der Waals surface area contributed by atoms with Crippen molar-refractivity contribution in [2.24, 2.45) is 5.92 Å². The van der Waals surface area contributed by atoms with Gasteiger partial charge < -0.3 is 5.11 Å². The minimum Gasteiger partial charge on any atom is -0.377 e. The van der Waals surface area contributed by atoms with Gasteiger partial charge >= 0.3 is 0 Å². The van der Waals surface area contributed by atoms with Crippen LogP contribution in [0.5, 0.6) is 0 Å². The summed E-state index contributed by atoms with van der Waals surface area (Å²) >= 11 is 5.58. The summed E-state index contributed by atoms with van der Waals surface area (Å²) in [6.45, 7) is 3.82. The van der Waals surface area contributed by atoms with E-state index < -0.39 is 5.60 Å². The Kier molecular flexibility index (Phi) is 4.04. The Hall–Kier alpha value is -0.450. The summed E-state index contributed by atoms with van der Waals surface area (Å²) in [4.78, 5) is 0. The van der Waals surface area contributed by atoms with Gasteiger partial charge in [-0.15, -0.1) is 11.6 Å². The Morgan fingerprint density at radius 2 is 2.43 bits per heavy atom. The van der Waals surface area contributed by atoms with Crippen LogP contribution in [-0.4, -0.2) is 16.6 Å². The minimum atomic E-state index is -1.06. The predicted molar refractivity (Wildman–Crippen MR) is 60.2 cm³/mol. The maximum absolute atomic E-state index is 9.61. The van der Waals surface area contributed by atoms with E-state index in [1.807, 2.05) is 0 Å². The third-order valence-corrected chi connectivity index (χ3v) is 2.99. The topological polar surface area (TPSA) is 20.2 Å². The van der Waals surface area contributed by atoms with Crippen LogP contribution >= 0.6 is 11.6 Å². The number of alkyl halides is 1. The van der Waals surface area contributed by atoms with Crippen molar-refractivity contribution in [1.29, 1.82) is 0 Å². The summed E-state index contributed by atoms with van der Waals surface area (Å²) in [5, 5.41) is 9.61. The Morgan fingerprint density at radius 3 is 3.00 bits per heavy atom. The summed E-state index contributed by atoms with van der Waals surface area (Å²) in [6, 6.07) is 0. The molecule has 0 amide bonds. The van der Waals surface area contributed by atoms with Gasteiger partial charge in [-0.25, -0.2) is 0 Å². The first-order chi connectivity index (χ1) is 6.55. The van der Waals surface area contributed by atoms with Crippen molar-refractivity contribution in [2.45, 2.75) is 38.7 Å². The molecule has 1 nitrogen and oxygen atoms in total. The molecule has 0 fully saturated rings. The number of hydrogen-bond donors (Lipinski definition) is 1. The first-order valence-corrected chi connectivity index (χ1v) is 5.60. The zero-order chi connectivity index (χ0) is 10.6. The van der Waals surface area contributed by atoms with Gasteiger partial charge in [0.25, 0.3) is 0 Å². The van der Waals surface area contributed by atoms with Gasteiger partial charge in [-0.3, -0.25) is 0 Å². The maximum atomic E-state index is 9.61. The van der Waals surface area contributed by atoms with Crippen molar-refractivity contribution in [2.75, 3.05) is 5.88 Å². The number of rotatable bonds is 1. The summed E-state index contributed by atoms with van der Waals surface area (Å²) in [5.74, 6) is 6.54. The molecule has 0 aliphatic heterocycles. The summed E-state index contributed by atoms with van der Waals surface area (Å²) in [7, 11) is 0. The molecule has 2 unspecified atom stereocenters. The van der Waals surface area contributed by atoms with E-state index in [4.69, 9.17) is 11.6 Å². The second-order valence-electron chi connectivity index (χ2n) is 4.15. The molecule has 0 bridgehead atoms. The Morgan fingerprint density at radius 1 is 1.71 bits per heavy atom. The van der Waals surface area contributed by atoms with E-state index in [-0.39, 0.29) is 5.88 Å². The van der Waals surface area contributed by atoms with Crippen LogP contribution < -0.4 is 0 Å². The molecular formula is C12H17ClO. The third-order valence-electron chi connectivity index (χ3n) is 2.47. The van der Waals surface area contributed by atoms with Crippen LogP contribution in [0.25, 0.3) is 0 Å². The van der Waals surface area contributed by atoms with Crippen LogP contribution in [-0.2, 0) is 0 Å². The lowest BCUT2D eigenvalue weighted by Crippen LogP contribution is -2.23. The Bertz CT molecular complexity index is 280. The van der Waals surface area contributed by atoms with Gasteiger partial charge in [-0.1, -0.05) is 24.8 Å². The van der Waals surface area contributed by atoms with Crippen LogP contribution in [0.3, 0.4) is 0 Å². The standard InChI is InChI=1S/C12H17ClO/c1-10-5-3-4-6-11(10)7-8-12(2,14)9-13/h6,10,14H,3-5,9H2,1-2H3. The van der Waals surface area contributed by atoms with Crippen LogP contribution in [0.2, 0.25) is 0 Å². The van der Waals surface area contributed by atoms with Crippen molar-refractivity contribution in [1.82, 2.24) is 0 Å². The van der Waals surface area contributed by atoms with Crippen molar-refractivity contribution in [3.63, 3.8) is 0 Å². The molecule has 14 heavy (non-hydrogen) atoms. The molecule has 1 aliphatic rings. The number of allylic oxidation sites excluding steroid dienone is 2. The summed E-state index contributed by atoms with van der Waals surface area (Å²) in [5.41, 5.74) is 0.0983. The van der Waals surface area contributed by atoms with Gasteiger partial charge in [0.15, 0.2) is 0 Å². The highest BCUT2D eigenvalue weighted by atomic mass is 35.5. The SMILES string of the molecule is CC1CCCC=C1C#CC(C)(O)CCl. The molecule has 2 heteroatoms. The number of hydrogen-bond acceptors (Lipinski definition) is 1. The summed E-state index contributed by atoms with van der Waals surface area (Å²) < 4.78 is 0. The molecule has 0 saturated carbocycles. The number of halogens is 1. The Balaban J connectivity index is 2.71. The van der Waals surface area contributed by atoms with E-state index in [0.717, 1.165) is 12.0 Å². The van der Waals surface area contributed by atoms with Gasteiger partial charge in [0.05, 0.1) is 5.88 Å². The minimum absolute atomic E-state index is 0.154.